The van der Waals surface area contributed by atoms with Crippen molar-refractivity contribution in [3.8, 4) is 11.5 Å². The van der Waals surface area contributed by atoms with Crippen molar-refractivity contribution in [3.05, 3.63) is 41.1 Å². The topological polar surface area (TPSA) is 26.0 Å². The van der Waals surface area contributed by atoms with Crippen LogP contribution in [-0.4, -0.2) is 4.98 Å². The van der Waals surface area contributed by atoms with Gasteiger partial charge in [-0.25, -0.2) is 4.98 Å². The molecule has 1 aromatic carbocycles. The highest BCUT2D eigenvalue weighted by Crippen LogP contribution is 2.25. The average molecular weight is 201 g/mol. The number of rotatable bonds is 1. The molecule has 3 aromatic rings. The molecule has 0 aliphatic rings. The summed E-state index contributed by atoms with van der Waals surface area (Å²) in [4.78, 5) is 4.40. The number of oxazole rings is 1. The van der Waals surface area contributed by atoms with Crippen molar-refractivity contribution in [2.45, 2.75) is 0 Å². The van der Waals surface area contributed by atoms with E-state index >= 15 is 0 Å². The monoisotopic (exact) mass is 201 g/mol. The predicted molar refractivity (Wildman–Crippen MR) is 57.3 cm³/mol. The van der Waals surface area contributed by atoms with Crippen LogP contribution in [0.1, 0.15) is 0 Å². The SMILES string of the molecule is c1ccc2oc(-c3ccsc3)nc2c1. The van der Waals surface area contributed by atoms with Gasteiger partial charge in [0.25, 0.3) is 0 Å². The largest absolute Gasteiger partial charge is 0.436 e. The Morgan fingerprint density at radius 2 is 2.07 bits per heavy atom. The molecule has 0 unspecified atom stereocenters. The summed E-state index contributed by atoms with van der Waals surface area (Å²) in [5.74, 6) is 0.701. The normalized spacial score (nSPS) is 10.9. The fourth-order valence-electron chi connectivity index (χ4n) is 1.38. The van der Waals surface area contributed by atoms with Gasteiger partial charge in [0.15, 0.2) is 5.58 Å². The summed E-state index contributed by atoms with van der Waals surface area (Å²) in [6.07, 6.45) is 0. The Morgan fingerprint density at radius 1 is 1.14 bits per heavy atom. The number of fused-ring (bicyclic) bond motifs is 1. The molecule has 2 aromatic heterocycles. The third-order valence-electron chi connectivity index (χ3n) is 2.06. The first-order chi connectivity index (χ1) is 6.93. The van der Waals surface area contributed by atoms with Crippen molar-refractivity contribution in [2.24, 2.45) is 0 Å². The second kappa shape index (κ2) is 2.96. The Morgan fingerprint density at radius 3 is 2.86 bits per heavy atom. The van der Waals surface area contributed by atoms with E-state index in [0.717, 1.165) is 16.7 Å². The van der Waals surface area contributed by atoms with Crippen LogP contribution in [0.15, 0.2) is 45.5 Å². The predicted octanol–water partition coefficient (Wildman–Crippen LogP) is 3.56. The number of thiophene rings is 1. The van der Waals surface area contributed by atoms with Gasteiger partial charge in [-0.3, -0.25) is 0 Å². The average Bonchev–Trinajstić information content (AvgIpc) is 2.86. The van der Waals surface area contributed by atoms with Gasteiger partial charge in [-0.1, -0.05) is 12.1 Å². The molecule has 3 rings (SSSR count). The quantitative estimate of drug-likeness (QED) is 0.601. The van der Waals surface area contributed by atoms with Crippen LogP contribution < -0.4 is 0 Å². The summed E-state index contributed by atoms with van der Waals surface area (Å²) >= 11 is 1.64. The number of benzene rings is 1. The lowest BCUT2D eigenvalue weighted by atomic mass is 10.3. The molecule has 3 heteroatoms. The van der Waals surface area contributed by atoms with Gasteiger partial charge in [0.05, 0.1) is 0 Å². The maximum absolute atomic E-state index is 5.61. The Kier molecular flexibility index (Phi) is 1.64. The van der Waals surface area contributed by atoms with Crippen LogP contribution in [0.5, 0.6) is 0 Å². The van der Waals surface area contributed by atoms with Gasteiger partial charge in [0, 0.05) is 10.9 Å². The van der Waals surface area contributed by atoms with Gasteiger partial charge >= 0.3 is 0 Å². The van der Waals surface area contributed by atoms with Crippen LogP contribution in [-0.2, 0) is 0 Å². The zero-order valence-electron chi connectivity index (χ0n) is 7.31. The molecule has 0 atom stereocenters. The first kappa shape index (κ1) is 7.76. The lowest BCUT2D eigenvalue weighted by molar-refractivity contribution is 0.620. The smallest absolute Gasteiger partial charge is 0.228 e. The van der Waals surface area contributed by atoms with Gasteiger partial charge in [-0.05, 0) is 23.6 Å². The molecule has 0 fully saturated rings. The molecule has 0 radical (unpaired) electrons. The summed E-state index contributed by atoms with van der Waals surface area (Å²) in [5.41, 5.74) is 2.80. The minimum absolute atomic E-state index is 0.701. The lowest BCUT2D eigenvalue weighted by Crippen LogP contribution is -1.69. The Hall–Kier alpha value is -1.61. The van der Waals surface area contributed by atoms with Crippen molar-refractivity contribution in [2.75, 3.05) is 0 Å². The van der Waals surface area contributed by atoms with E-state index in [0.29, 0.717) is 5.89 Å². The molecule has 0 saturated heterocycles. The van der Waals surface area contributed by atoms with Gasteiger partial charge in [0.2, 0.25) is 5.89 Å². The molecule has 0 aliphatic carbocycles. The molecule has 2 heterocycles. The number of nitrogens with zero attached hydrogens (tertiary/aromatic N) is 1. The minimum atomic E-state index is 0.701. The van der Waals surface area contributed by atoms with Crippen molar-refractivity contribution in [3.63, 3.8) is 0 Å². The van der Waals surface area contributed by atoms with Crippen LogP contribution >= 0.6 is 11.3 Å². The van der Waals surface area contributed by atoms with Crippen molar-refractivity contribution in [1.82, 2.24) is 4.98 Å². The van der Waals surface area contributed by atoms with E-state index in [-0.39, 0.29) is 0 Å². The second-order valence-electron chi connectivity index (χ2n) is 3.00. The fraction of sp³-hybridized carbons (Fsp3) is 0. The van der Waals surface area contributed by atoms with E-state index < -0.39 is 0 Å². The molecule has 0 spiro atoms. The number of aromatic nitrogens is 1. The van der Waals surface area contributed by atoms with E-state index in [4.69, 9.17) is 4.42 Å². The van der Waals surface area contributed by atoms with E-state index in [1.165, 1.54) is 0 Å². The first-order valence-corrected chi connectivity index (χ1v) is 5.26. The third kappa shape index (κ3) is 1.14. The minimum Gasteiger partial charge on any atom is -0.436 e. The molecule has 0 N–H and O–H groups in total. The van der Waals surface area contributed by atoms with Gasteiger partial charge in [-0.15, -0.1) is 0 Å². The first-order valence-electron chi connectivity index (χ1n) is 4.31. The maximum Gasteiger partial charge on any atom is 0.228 e. The molecule has 2 nitrogen and oxygen atoms in total. The molecule has 0 bridgehead atoms. The Bertz CT molecular complexity index is 520. The maximum atomic E-state index is 5.61. The van der Waals surface area contributed by atoms with E-state index in [2.05, 4.69) is 4.98 Å². The summed E-state index contributed by atoms with van der Waals surface area (Å²) in [5, 5.41) is 4.05. The van der Waals surface area contributed by atoms with Crippen LogP contribution in [0.2, 0.25) is 0 Å². The molecule has 0 saturated carbocycles. The van der Waals surface area contributed by atoms with E-state index in [1.54, 1.807) is 11.3 Å². The van der Waals surface area contributed by atoms with Gasteiger partial charge in [-0.2, -0.15) is 11.3 Å². The molecule has 14 heavy (non-hydrogen) atoms. The van der Waals surface area contributed by atoms with Gasteiger partial charge in [0.1, 0.15) is 5.52 Å². The number of hydrogen-bond donors (Lipinski definition) is 0. The van der Waals surface area contributed by atoms with Crippen molar-refractivity contribution in [1.29, 1.82) is 0 Å². The van der Waals surface area contributed by atoms with Crippen LogP contribution in [0.25, 0.3) is 22.6 Å². The molecular weight excluding hydrogens is 194 g/mol. The standard InChI is InChI=1S/C11H7NOS/c1-2-4-10-9(3-1)12-11(13-10)8-5-6-14-7-8/h1-7H. The lowest BCUT2D eigenvalue weighted by Gasteiger charge is -1.84. The summed E-state index contributed by atoms with van der Waals surface area (Å²) in [6, 6.07) is 9.80. The van der Waals surface area contributed by atoms with Crippen molar-refractivity contribution >= 4 is 22.4 Å². The zero-order chi connectivity index (χ0) is 9.38. The highest BCUT2D eigenvalue weighted by atomic mass is 32.1. The molecule has 68 valence electrons. The highest BCUT2D eigenvalue weighted by Gasteiger charge is 2.06. The summed E-state index contributed by atoms with van der Waals surface area (Å²) < 4.78 is 5.61. The van der Waals surface area contributed by atoms with E-state index in [9.17, 15) is 0 Å². The Balaban J connectivity index is 2.24. The third-order valence-corrected chi connectivity index (χ3v) is 2.75. The van der Waals surface area contributed by atoms with Gasteiger partial charge < -0.3 is 4.42 Å². The van der Waals surface area contributed by atoms with Crippen LogP contribution in [0, 0.1) is 0 Å². The van der Waals surface area contributed by atoms with E-state index in [1.807, 2.05) is 41.1 Å². The zero-order valence-corrected chi connectivity index (χ0v) is 8.12. The summed E-state index contributed by atoms with van der Waals surface area (Å²) in [7, 11) is 0. The number of hydrogen-bond acceptors (Lipinski definition) is 3. The van der Waals surface area contributed by atoms with Crippen LogP contribution in [0.3, 0.4) is 0 Å². The molecular formula is C11H7NOS. The number of para-hydroxylation sites is 2. The highest BCUT2D eigenvalue weighted by molar-refractivity contribution is 7.08. The van der Waals surface area contributed by atoms with Crippen LogP contribution in [0.4, 0.5) is 0 Å². The molecule has 0 amide bonds. The van der Waals surface area contributed by atoms with Crippen molar-refractivity contribution < 1.29 is 4.42 Å². The summed E-state index contributed by atoms with van der Waals surface area (Å²) in [6.45, 7) is 0. The second-order valence-corrected chi connectivity index (χ2v) is 3.78. The molecule has 0 aliphatic heterocycles. The Labute approximate surface area is 84.8 Å². The fourth-order valence-corrected chi connectivity index (χ4v) is 2.01.